The molecule has 24 heavy (non-hydrogen) atoms. The third-order valence-corrected chi connectivity index (χ3v) is 5.81. The highest BCUT2D eigenvalue weighted by Gasteiger charge is 2.38. The summed E-state index contributed by atoms with van der Waals surface area (Å²) in [5.41, 5.74) is 5.48. The molecule has 0 N–H and O–H groups in total. The lowest BCUT2D eigenvalue weighted by atomic mass is 9.84. The highest BCUT2D eigenvalue weighted by Crippen LogP contribution is 2.39. The predicted molar refractivity (Wildman–Crippen MR) is 93.8 cm³/mol. The molecule has 1 aliphatic heterocycles. The Morgan fingerprint density at radius 1 is 0.792 bits per heavy atom. The molecule has 2 aliphatic rings. The van der Waals surface area contributed by atoms with Gasteiger partial charge in [0.15, 0.2) is 11.6 Å². The summed E-state index contributed by atoms with van der Waals surface area (Å²) in [5.74, 6) is -0.118. The Kier molecular flexibility index (Phi) is 2.77. The van der Waals surface area contributed by atoms with E-state index in [1.807, 2.05) is 18.2 Å². The van der Waals surface area contributed by atoms with E-state index in [0.29, 0.717) is 35.2 Å². The lowest BCUT2D eigenvalue weighted by Gasteiger charge is -2.21. The van der Waals surface area contributed by atoms with Crippen LogP contribution in [-0.4, -0.2) is 16.1 Å². The fourth-order valence-electron chi connectivity index (χ4n) is 3.82. The minimum Gasteiger partial charge on any atom is -0.333 e. The van der Waals surface area contributed by atoms with E-state index in [2.05, 4.69) is 32.6 Å². The summed E-state index contributed by atoms with van der Waals surface area (Å²) in [6.07, 6.45) is 0.672. The first-order valence-electron chi connectivity index (χ1n) is 7.83. The first-order valence-corrected chi connectivity index (χ1v) is 8.62. The average molecular weight is 378 g/mol. The van der Waals surface area contributed by atoms with Crippen LogP contribution in [0.4, 0.5) is 0 Å². The Hall–Kier alpha value is -2.46. The molecule has 0 atom stereocenters. The van der Waals surface area contributed by atoms with Crippen molar-refractivity contribution >= 4 is 27.5 Å². The van der Waals surface area contributed by atoms with E-state index >= 15 is 0 Å². The van der Waals surface area contributed by atoms with E-state index in [9.17, 15) is 9.59 Å². The third kappa shape index (κ3) is 1.66. The zero-order chi connectivity index (χ0) is 16.4. The van der Waals surface area contributed by atoms with E-state index in [1.54, 1.807) is 18.2 Å². The van der Waals surface area contributed by atoms with Gasteiger partial charge in [-0.05, 0) is 27.1 Å². The van der Waals surface area contributed by atoms with Crippen molar-refractivity contribution in [2.24, 2.45) is 0 Å². The number of hydrogen-bond acceptors (Lipinski definition) is 2. The molecule has 0 saturated carbocycles. The average Bonchev–Trinajstić information content (AvgIpc) is 2.90. The maximum Gasteiger partial charge on any atom is 0.197 e. The van der Waals surface area contributed by atoms with Gasteiger partial charge in [0.1, 0.15) is 0 Å². The van der Waals surface area contributed by atoms with Crippen LogP contribution in [0.3, 0.4) is 0 Å². The van der Waals surface area contributed by atoms with E-state index < -0.39 is 0 Å². The molecule has 0 saturated heterocycles. The maximum atomic E-state index is 13.1. The van der Waals surface area contributed by atoms with Crippen LogP contribution in [0.5, 0.6) is 0 Å². The van der Waals surface area contributed by atoms with E-state index in [0.717, 1.165) is 10.3 Å². The summed E-state index contributed by atoms with van der Waals surface area (Å²) in [4.78, 5) is 26.0. The molecule has 1 aromatic heterocycles. The van der Waals surface area contributed by atoms with Crippen molar-refractivity contribution in [1.29, 1.82) is 0 Å². The van der Waals surface area contributed by atoms with Crippen LogP contribution in [-0.2, 0) is 13.0 Å². The summed E-state index contributed by atoms with van der Waals surface area (Å²) in [7, 11) is 0. The Bertz CT molecular complexity index is 1060. The molecule has 0 radical (unpaired) electrons. The van der Waals surface area contributed by atoms with Gasteiger partial charge in [0.05, 0.1) is 15.7 Å². The Balaban J connectivity index is 1.79. The van der Waals surface area contributed by atoms with Crippen LogP contribution in [0.2, 0.25) is 0 Å². The number of fused-ring (bicyclic) bond motifs is 5. The summed E-state index contributed by atoms with van der Waals surface area (Å²) >= 11 is 3.58. The fraction of sp³-hybridized carbons (Fsp3) is 0.100. The fourth-order valence-corrected chi connectivity index (χ4v) is 4.54. The van der Waals surface area contributed by atoms with E-state index in [-0.39, 0.29) is 11.6 Å². The van der Waals surface area contributed by atoms with Crippen molar-refractivity contribution in [2.75, 3.05) is 0 Å². The minimum atomic E-state index is -0.0713. The van der Waals surface area contributed by atoms with Crippen molar-refractivity contribution in [2.45, 2.75) is 13.0 Å². The number of benzene rings is 2. The van der Waals surface area contributed by atoms with Crippen LogP contribution < -0.4 is 0 Å². The number of carbonyl (C=O) groups is 2. The van der Waals surface area contributed by atoms with Gasteiger partial charge in [-0.2, -0.15) is 0 Å². The highest BCUT2D eigenvalue weighted by atomic mass is 79.9. The smallest absolute Gasteiger partial charge is 0.197 e. The zero-order valence-electron chi connectivity index (χ0n) is 12.7. The SMILES string of the molecule is O=C1c2ccccc2C(=O)c2c1c(Br)n1c2Cc2ccccc2C1. The molecule has 4 heteroatoms. The van der Waals surface area contributed by atoms with Crippen molar-refractivity contribution in [3.8, 4) is 0 Å². The van der Waals surface area contributed by atoms with Gasteiger partial charge in [0.2, 0.25) is 0 Å². The van der Waals surface area contributed by atoms with Gasteiger partial charge in [0.25, 0.3) is 0 Å². The van der Waals surface area contributed by atoms with Gasteiger partial charge >= 0.3 is 0 Å². The van der Waals surface area contributed by atoms with Crippen LogP contribution >= 0.6 is 15.9 Å². The van der Waals surface area contributed by atoms with Crippen molar-refractivity contribution < 1.29 is 9.59 Å². The number of aromatic nitrogens is 1. The van der Waals surface area contributed by atoms with Gasteiger partial charge < -0.3 is 4.57 Å². The highest BCUT2D eigenvalue weighted by molar-refractivity contribution is 9.10. The Morgan fingerprint density at radius 3 is 2.08 bits per heavy atom. The van der Waals surface area contributed by atoms with Crippen LogP contribution in [0.1, 0.15) is 48.7 Å². The number of ketones is 2. The third-order valence-electron chi connectivity index (χ3n) is 4.98. The number of rotatable bonds is 0. The van der Waals surface area contributed by atoms with Crippen LogP contribution in [0.15, 0.2) is 53.1 Å². The molecule has 0 fully saturated rings. The topological polar surface area (TPSA) is 39.1 Å². The summed E-state index contributed by atoms with van der Waals surface area (Å²) in [6, 6.07) is 15.3. The predicted octanol–water partition coefficient (Wildman–Crippen LogP) is 3.98. The Labute approximate surface area is 147 Å². The molecular weight excluding hydrogens is 366 g/mol. The van der Waals surface area contributed by atoms with Gasteiger partial charge in [-0.3, -0.25) is 9.59 Å². The van der Waals surface area contributed by atoms with Crippen molar-refractivity contribution in [1.82, 2.24) is 4.57 Å². The van der Waals surface area contributed by atoms with E-state index in [1.165, 1.54) is 11.1 Å². The standard InChI is InChI=1S/C20H12BrNO2/c21-20-17-16(18(23)13-7-3-4-8-14(13)19(17)24)15-9-11-5-1-2-6-12(11)10-22(15)20/h1-8H,9-10H2. The molecule has 3 aromatic rings. The largest absolute Gasteiger partial charge is 0.333 e. The monoisotopic (exact) mass is 377 g/mol. The lowest BCUT2D eigenvalue weighted by Crippen LogP contribution is -2.21. The zero-order valence-corrected chi connectivity index (χ0v) is 14.3. The molecule has 3 nitrogen and oxygen atoms in total. The molecule has 116 valence electrons. The summed E-state index contributed by atoms with van der Waals surface area (Å²) < 4.78 is 2.78. The normalized spacial score (nSPS) is 14.7. The first-order chi connectivity index (χ1) is 11.7. The molecule has 0 unspecified atom stereocenters. The number of halogens is 1. The van der Waals surface area contributed by atoms with Gasteiger partial charge in [-0.15, -0.1) is 0 Å². The summed E-state index contributed by atoms with van der Waals surface area (Å²) in [5, 5.41) is 0. The van der Waals surface area contributed by atoms with Crippen LogP contribution in [0, 0.1) is 0 Å². The number of hydrogen-bond donors (Lipinski definition) is 0. The second-order valence-electron chi connectivity index (χ2n) is 6.22. The van der Waals surface area contributed by atoms with Gasteiger partial charge in [-0.25, -0.2) is 0 Å². The van der Waals surface area contributed by atoms with Crippen molar-refractivity contribution in [3.05, 3.63) is 92.2 Å². The Morgan fingerprint density at radius 2 is 1.38 bits per heavy atom. The number of nitrogens with zero attached hydrogens (tertiary/aromatic N) is 1. The molecule has 1 aliphatic carbocycles. The van der Waals surface area contributed by atoms with Crippen molar-refractivity contribution in [3.63, 3.8) is 0 Å². The molecular formula is C20H12BrNO2. The lowest BCUT2D eigenvalue weighted by molar-refractivity contribution is 0.0979. The molecule has 2 aromatic carbocycles. The maximum absolute atomic E-state index is 13.1. The minimum absolute atomic E-state index is 0.0472. The first kappa shape index (κ1) is 13.9. The molecule has 0 bridgehead atoms. The molecule has 2 heterocycles. The summed E-state index contributed by atoms with van der Waals surface area (Å²) in [6.45, 7) is 0.677. The second kappa shape index (κ2) is 4.77. The second-order valence-corrected chi connectivity index (χ2v) is 6.97. The molecule has 5 rings (SSSR count). The molecule has 0 amide bonds. The van der Waals surface area contributed by atoms with Gasteiger partial charge in [-0.1, -0.05) is 48.5 Å². The van der Waals surface area contributed by atoms with E-state index in [4.69, 9.17) is 0 Å². The molecule has 0 spiro atoms. The van der Waals surface area contributed by atoms with Gasteiger partial charge in [0, 0.05) is 29.8 Å². The number of carbonyl (C=O) groups excluding carboxylic acids is 2. The van der Waals surface area contributed by atoms with Crippen LogP contribution in [0.25, 0.3) is 0 Å². The quantitative estimate of drug-likeness (QED) is 0.409.